The Bertz CT molecular complexity index is 731. The highest BCUT2D eigenvalue weighted by Gasteiger charge is 2.24. The van der Waals surface area contributed by atoms with Crippen LogP contribution in [0.4, 0.5) is 5.69 Å². The fraction of sp³-hybridized carbons (Fsp3) is 0.167. The fourth-order valence-electron chi connectivity index (χ4n) is 1.61. The van der Waals surface area contributed by atoms with Crippen molar-refractivity contribution in [3.63, 3.8) is 0 Å². The number of hydrogen-bond donors (Lipinski definition) is 2. The molecule has 0 atom stereocenters. The third kappa shape index (κ3) is 3.81. The van der Waals surface area contributed by atoms with E-state index >= 15 is 0 Å². The molecule has 0 saturated carbocycles. The van der Waals surface area contributed by atoms with E-state index in [1.165, 1.54) is 19.6 Å². The molecule has 1 aromatic heterocycles. The maximum absolute atomic E-state index is 12.1. The predicted molar refractivity (Wildman–Crippen MR) is 78.5 cm³/mol. The Labute approximate surface area is 127 Å². The van der Waals surface area contributed by atoms with Gasteiger partial charge in [0.25, 0.3) is 10.0 Å². The molecule has 1 amide bonds. The number of halogens is 1. The van der Waals surface area contributed by atoms with Crippen molar-refractivity contribution in [3.8, 4) is 0 Å². The molecule has 0 radical (unpaired) electrons. The third-order valence-electron chi connectivity index (χ3n) is 2.64. The number of hydrogen-bond acceptors (Lipinski definition) is 4. The number of sulfonamides is 1. The van der Waals surface area contributed by atoms with Crippen molar-refractivity contribution in [3.05, 3.63) is 41.8 Å². The van der Waals surface area contributed by atoms with Crippen LogP contribution in [-0.2, 0) is 14.8 Å². The highest BCUT2D eigenvalue weighted by molar-refractivity contribution is 7.89. The number of benzene rings is 1. The SMILES string of the molecule is CN(CC(=O)Nc1cccc(Cl)c1)S(=O)(=O)c1cnc[nH]1. The van der Waals surface area contributed by atoms with Gasteiger partial charge in [-0.2, -0.15) is 4.31 Å². The number of rotatable bonds is 5. The Morgan fingerprint density at radius 2 is 2.24 bits per heavy atom. The number of nitrogens with zero attached hydrogens (tertiary/aromatic N) is 2. The molecular formula is C12H13ClN4O3S. The lowest BCUT2D eigenvalue weighted by atomic mass is 10.3. The second-order valence-corrected chi connectivity index (χ2v) is 6.69. The zero-order valence-corrected chi connectivity index (χ0v) is 12.6. The number of likely N-dealkylation sites (N-methyl/N-ethyl adjacent to an activating group) is 1. The van der Waals surface area contributed by atoms with Crippen LogP contribution in [0.2, 0.25) is 5.02 Å². The average Bonchev–Trinajstić information content (AvgIpc) is 2.92. The topological polar surface area (TPSA) is 95.2 Å². The van der Waals surface area contributed by atoms with Crippen molar-refractivity contribution in [1.82, 2.24) is 14.3 Å². The summed E-state index contributed by atoms with van der Waals surface area (Å²) < 4.78 is 25.1. The lowest BCUT2D eigenvalue weighted by Crippen LogP contribution is -2.35. The van der Waals surface area contributed by atoms with Crippen molar-refractivity contribution >= 4 is 33.2 Å². The first-order valence-corrected chi connectivity index (χ1v) is 7.71. The first kappa shape index (κ1) is 15.5. The number of aromatic nitrogens is 2. The molecule has 2 aromatic rings. The van der Waals surface area contributed by atoms with E-state index in [9.17, 15) is 13.2 Å². The summed E-state index contributed by atoms with van der Waals surface area (Å²) in [5.74, 6) is -0.470. The Balaban J connectivity index is 2.03. The summed E-state index contributed by atoms with van der Waals surface area (Å²) in [6.45, 7) is -0.326. The van der Waals surface area contributed by atoms with Crippen molar-refractivity contribution in [2.45, 2.75) is 5.03 Å². The van der Waals surface area contributed by atoms with Crippen LogP contribution in [-0.4, -0.2) is 42.2 Å². The van der Waals surface area contributed by atoms with E-state index in [4.69, 9.17) is 11.6 Å². The predicted octanol–water partition coefficient (Wildman–Crippen LogP) is 1.32. The normalized spacial score (nSPS) is 11.6. The first-order chi connectivity index (χ1) is 9.89. The zero-order valence-electron chi connectivity index (χ0n) is 11.1. The van der Waals surface area contributed by atoms with Gasteiger partial charge in [0.05, 0.1) is 19.1 Å². The van der Waals surface area contributed by atoms with Gasteiger partial charge >= 0.3 is 0 Å². The Kier molecular flexibility index (Phi) is 4.61. The highest BCUT2D eigenvalue weighted by Crippen LogP contribution is 2.15. The monoisotopic (exact) mass is 328 g/mol. The molecule has 1 aromatic carbocycles. The third-order valence-corrected chi connectivity index (χ3v) is 4.60. The number of H-pyrrole nitrogens is 1. The fourth-order valence-corrected chi connectivity index (χ4v) is 2.82. The molecule has 0 aliphatic heterocycles. The van der Waals surface area contributed by atoms with E-state index in [0.29, 0.717) is 10.7 Å². The number of carbonyl (C=O) groups excluding carboxylic acids is 1. The van der Waals surface area contributed by atoms with Gasteiger partial charge in [-0.05, 0) is 18.2 Å². The molecule has 0 spiro atoms. The minimum absolute atomic E-state index is 0.0689. The summed E-state index contributed by atoms with van der Waals surface area (Å²) in [6, 6.07) is 6.59. The van der Waals surface area contributed by atoms with Gasteiger partial charge in [0.1, 0.15) is 0 Å². The van der Waals surface area contributed by atoms with Gasteiger partial charge in [0, 0.05) is 17.8 Å². The van der Waals surface area contributed by atoms with E-state index in [2.05, 4.69) is 15.3 Å². The lowest BCUT2D eigenvalue weighted by Gasteiger charge is -2.15. The van der Waals surface area contributed by atoms with Gasteiger partial charge in [-0.25, -0.2) is 13.4 Å². The summed E-state index contributed by atoms with van der Waals surface area (Å²) in [4.78, 5) is 18.0. The molecule has 0 fully saturated rings. The number of aromatic amines is 1. The number of imidazole rings is 1. The van der Waals surface area contributed by atoms with Crippen LogP contribution in [0.25, 0.3) is 0 Å². The van der Waals surface area contributed by atoms with Gasteiger partial charge in [0.2, 0.25) is 5.91 Å². The maximum atomic E-state index is 12.1. The standard InChI is InChI=1S/C12H13ClN4O3S/c1-17(21(19,20)12-6-14-8-15-12)7-11(18)16-10-4-2-3-9(13)5-10/h2-6,8H,7H2,1H3,(H,14,15)(H,16,18). The van der Waals surface area contributed by atoms with E-state index in [1.54, 1.807) is 24.3 Å². The molecule has 0 unspecified atom stereocenters. The Morgan fingerprint density at radius 1 is 1.48 bits per heavy atom. The van der Waals surface area contributed by atoms with E-state index < -0.39 is 15.9 Å². The second kappa shape index (κ2) is 6.25. The van der Waals surface area contributed by atoms with E-state index in [1.807, 2.05) is 0 Å². The van der Waals surface area contributed by atoms with Gasteiger partial charge in [-0.1, -0.05) is 17.7 Å². The summed E-state index contributed by atoms with van der Waals surface area (Å²) in [6.07, 6.45) is 2.44. The van der Waals surface area contributed by atoms with Crippen molar-refractivity contribution in [2.24, 2.45) is 0 Å². The van der Waals surface area contributed by atoms with E-state index in [-0.39, 0.29) is 11.6 Å². The quantitative estimate of drug-likeness (QED) is 0.865. The smallest absolute Gasteiger partial charge is 0.260 e. The molecule has 0 bridgehead atoms. The summed E-state index contributed by atoms with van der Waals surface area (Å²) in [5, 5.41) is 2.98. The Morgan fingerprint density at radius 3 is 2.86 bits per heavy atom. The maximum Gasteiger partial charge on any atom is 0.260 e. The molecule has 9 heteroatoms. The van der Waals surface area contributed by atoms with Gasteiger partial charge in [-0.3, -0.25) is 4.79 Å². The molecule has 1 heterocycles. The van der Waals surface area contributed by atoms with Crippen molar-refractivity contribution in [2.75, 3.05) is 18.9 Å². The number of anilines is 1. The number of nitrogens with one attached hydrogen (secondary N) is 2. The summed E-state index contributed by atoms with van der Waals surface area (Å²) in [7, 11) is -2.45. The van der Waals surface area contributed by atoms with Crippen LogP contribution in [0.3, 0.4) is 0 Å². The molecule has 112 valence electrons. The van der Waals surface area contributed by atoms with Crippen LogP contribution in [0.5, 0.6) is 0 Å². The number of carbonyl (C=O) groups is 1. The molecule has 0 aliphatic rings. The van der Waals surface area contributed by atoms with Crippen LogP contribution in [0.1, 0.15) is 0 Å². The Hall–Kier alpha value is -1.90. The highest BCUT2D eigenvalue weighted by atomic mass is 35.5. The number of amides is 1. The van der Waals surface area contributed by atoms with Crippen molar-refractivity contribution < 1.29 is 13.2 Å². The van der Waals surface area contributed by atoms with Crippen LogP contribution in [0, 0.1) is 0 Å². The summed E-state index contributed by atoms with van der Waals surface area (Å²) in [5.41, 5.74) is 0.500. The van der Waals surface area contributed by atoms with Crippen LogP contribution >= 0.6 is 11.6 Å². The van der Waals surface area contributed by atoms with Gasteiger partial charge < -0.3 is 10.3 Å². The minimum atomic E-state index is -3.76. The lowest BCUT2D eigenvalue weighted by molar-refractivity contribution is -0.116. The zero-order chi connectivity index (χ0) is 15.5. The molecular weight excluding hydrogens is 316 g/mol. The second-order valence-electron chi connectivity index (χ2n) is 4.24. The molecule has 21 heavy (non-hydrogen) atoms. The van der Waals surface area contributed by atoms with Gasteiger partial charge in [0.15, 0.2) is 5.03 Å². The molecule has 0 aliphatic carbocycles. The summed E-state index contributed by atoms with van der Waals surface area (Å²) >= 11 is 5.81. The molecule has 0 saturated heterocycles. The van der Waals surface area contributed by atoms with E-state index in [0.717, 1.165) is 4.31 Å². The molecule has 2 rings (SSSR count). The van der Waals surface area contributed by atoms with Crippen LogP contribution in [0.15, 0.2) is 41.8 Å². The molecule has 2 N–H and O–H groups in total. The minimum Gasteiger partial charge on any atom is -0.335 e. The van der Waals surface area contributed by atoms with Crippen molar-refractivity contribution in [1.29, 1.82) is 0 Å². The van der Waals surface area contributed by atoms with Crippen LogP contribution < -0.4 is 5.32 Å². The largest absolute Gasteiger partial charge is 0.335 e. The average molecular weight is 329 g/mol. The van der Waals surface area contributed by atoms with Gasteiger partial charge in [-0.15, -0.1) is 0 Å². The molecule has 7 nitrogen and oxygen atoms in total. The first-order valence-electron chi connectivity index (χ1n) is 5.90.